The number of hydrogen-bond acceptors (Lipinski definition) is 4. The topological polar surface area (TPSA) is 59.0 Å². The standard InChI is InChI=1S/C35H37BNO4/c1-33(2,39)34(3,4)41-36-27-20-21-31-29(22-27)35(5,23-40-31)28-18-12-13-19-30(28)37(24-38)32(25-14-8-6-9-15-25)26-16-10-7-11-17-26/h6-22,24,32,39H,23H2,1-5H3. The quantitative estimate of drug-likeness (QED) is 0.197. The predicted molar refractivity (Wildman–Crippen MR) is 165 cm³/mol. The molecule has 0 saturated carbocycles. The number of rotatable bonds is 10. The number of anilines is 1. The molecule has 1 atom stereocenters. The Morgan fingerprint density at radius 1 is 0.878 bits per heavy atom. The van der Waals surface area contributed by atoms with Gasteiger partial charge >= 0.3 is 7.48 Å². The van der Waals surface area contributed by atoms with Crippen molar-refractivity contribution in [2.45, 2.75) is 57.3 Å². The zero-order valence-corrected chi connectivity index (χ0v) is 24.4. The Kier molecular flexibility index (Phi) is 7.82. The third kappa shape index (κ3) is 5.55. The molecule has 4 aromatic rings. The van der Waals surface area contributed by atoms with Crippen LogP contribution in [0.1, 0.15) is 62.9 Å². The molecule has 0 aliphatic carbocycles. The Labute approximate surface area is 244 Å². The molecule has 6 heteroatoms. The first-order valence-electron chi connectivity index (χ1n) is 14.0. The minimum atomic E-state index is -1.02. The molecule has 0 fully saturated rings. The SMILES string of the molecule is CC1(c2ccccc2N(C=O)C(c2ccccc2)c2ccccc2)COc2ccc([B]OC(C)(C)C(C)(C)O)cc21. The molecule has 0 spiro atoms. The zero-order chi connectivity index (χ0) is 29.3. The summed E-state index contributed by atoms with van der Waals surface area (Å²) in [5, 5.41) is 10.5. The van der Waals surface area contributed by atoms with Crippen LogP contribution in [0.15, 0.2) is 103 Å². The number of nitrogens with zero attached hydrogens (tertiary/aromatic N) is 1. The van der Waals surface area contributed by atoms with Gasteiger partial charge in [-0.2, -0.15) is 0 Å². The van der Waals surface area contributed by atoms with Crippen LogP contribution in [0.5, 0.6) is 5.75 Å². The third-order valence-corrected chi connectivity index (χ3v) is 8.48. The Bertz CT molecular complexity index is 1460. The minimum Gasteiger partial charge on any atom is -0.492 e. The maximum atomic E-state index is 13.0. The zero-order valence-electron chi connectivity index (χ0n) is 24.4. The molecule has 0 aromatic heterocycles. The average molecular weight is 546 g/mol. The summed E-state index contributed by atoms with van der Waals surface area (Å²) in [6, 6.07) is 34.0. The molecule has 0 saturated heterocycles. The molecule has 1 radical (unpaired) electrons. The second kappa shape index (κ2) is 11.2. The van der Waals surface area contributed by atoms with E-state index in [9.17, 15) is 9.90 Å². The van der Waals surface area contributed by atoms with Crippen LogP contribution in [0.2, 0.25) is 0 Å². The number of carbonyl (C=O) groups is 1. The first-order valence-corrected chi connectivity index (χ1v) is 14.0. The summed E-state index contributed by atoms with van der Waals surface area (Å²) in [4.78, 5) is 14.8. The highest BCUT2D eigenvalue weighted by atomic mass is 16.5. The molecule has 5 nitrogen and oxygen atoms in total. The van der Waals surface area contributed by atoms with Gasteiger partial charge < -0.3 is 19.4 Å². The first kappa shape index (κ1) is 28.7. The molecule has 209 valence electrons. The highest BCUT2D eigenvalue weighted by Gasteiger charge is 2.42. The van der Waals surface area contributed by atoms with Gasteiger partial charge in [0.1, 0.15) is 12.4 Å². The van der Waals surface area contributed by atoms with Crippen LogP contribution >= 0.6 is 0 Å². The van der Waals surface area contributed by atoms with Crippen molar-refractivity contribution in [2.75, 3.05) is 11.5 Å². The van der Waals surface area contributed by atoms with E-state index in [2.05, 4.69) is 43.3 Å². The fraction of sp³-hybridized carbons (Fsp3) is 0.286. The van der Waals surface area contributed by atoms with Crippen molar-refractivity contribution in [1.29, 1.82) is 0 Å². The molecule has 1 heterocycles. The summed E-state index contributed by atoms with van der Waals surface area (Å²) >= 11 is 0. The van der Waals surface area contributed by atoms with Crippen LogP contribution < -0.4 is 15.1 Å². The van der Waals surface area contributed by atoms with E-state index in [0.29, 0.717) is 6.61 Å². The monoisotopic (exact) mass is 546 g/mol. The second-order valence-corrected chi connectivity index (χ2v) is 11.9. The molecule has 41 heavy (non-hydrogen) atoms. The van der Waals surface area contributed by atoms with Gasteiger partial charge in [0.25, 0.3) is 0 Å². The van der Waals surface area contributed by atoms with Crippen molar-refractivity contribution in [1.82, 2.24) is 0 Å². The maximum absolute atomic E-state index is 13.0. The van der Waals surface area contributed by atoms with Crippen LogP contribution in [0, 0.1) is 0 Å². The van der Waals surface area contributed by atoms with E-state index in [1.807, 2.05) is 85.5 Å². The number of amides is 1. The van der Waals surface area contributed by atoms with Gasteiger partial charge in [0, 0.05) is 11.3 Å². The largest absolute Gasteiger partial charge is 0.492 e. The van der Waals surface area contributed by atoms with E-state index in [4.69, 9.17) is 9.39 Å². The Balaban J connectivity index is 1.56. The minimum absolute atomic E-state index is 0.307. The van der Waals surface area contributed by atoms with E-state index in [1.165, 1.54) is 0 Å². The van der Waals surface area contributed by atoms with Crippen molar-refractivity contribution in [3.05, 3.63) is 125 Å². The molecule has 1 N–H and O–H groups in total. The fourth-order valence-electron chi connectivity index (χ4n) is 5.27. The number of ether oxygens (including phenoxy) is 1. The van der Waals surface area contributed by atoms with Gasteiger partial charge in [0.05, 0.1) is 22.7 Å². The van der Waals surface area contributed by atoms with Gasteiger partial charge in [-0.1, -0.05) is 96.5 Å². The van der Waals surface area contributed by atoms with Crippen molar-refractivity contribution in [3.63, 3.8) is 0 Å². The van der Waals surface area contributed by atoms with Crippen molar-refractivity contribution in [2.24, 2.45) is 0 Å². The molecule has 4 aromatic carbocycles. The predicted octanol–water partition coefficient (Wildman–Crippen LogP) is 5.95. The summed E-state index contributed by atoms with van der Waals surface area (Å²) in [7, 11) is 1.70. The highest BCUT2D eigenvalue weighted by Crippen LogP contribution is 2.47. The Morgan fingerprint density at radius 2 is 1.46 bits per heavy atom. The van der Waals surface area contributed by atoms with Gasteiger partial charge in [-0.3, -0.25) is 4.79 Å². The van der Waals surface area contributed by atoms with E-state index in [0.717, 1.165) is 45.6 Å². The van der Waals surface area contributed by atoms with Crippen LogP contribution in [-0.2, 0) is 14.9 Å². The van der Waals surface area contributed by atoms with E-state index in [1.54, 1.807) is 21.3 Å². The van der Waals surface area contributed by atoms with E-state index in [-0.39, 0.29) is 6.04 Å². The van der Waals surface area contributed by atoms with Crippen LogP contribution in [0.3, 0.4) is 0 Å². The number of carbonyl (C=O) groups excluding carboxylic acids is 1. The van der Waals surface area contributed by atoms with Gasteiger partial charge in [0.15, 0.2) is 0 Å². The summed E-state index contributed by atoms with van der Waals surface area (Å²) < 4.78 is 12.3. The Morgan fingerprint density at radius 3 is 2.05 bits per heavy atom. The summed E-state index contributed by atoms with van der Waals surface area (Å²) in [6.07, 6.45) is 0.931. The van der Waals surface area contributed by atoms with Crippen molar-refractivity contribution < 1.29 is 19.3 Å². The molecule has 1 aliphatic heterocycles. The summed E-state index contributed by atoms with van der Waals surface area (Å²) in [5.41, 5.74) is 3.43. The smallest absolute Gasteiger partial charge is 0.330 e. The lowest BCUT2D eigenvalue weighted by molar-refractivity contribution is -0.107. The number of benzene rings is 4. The summed E-state index contributed by atoms with van der Waals surface area (Å²) in [6.45, 7) is 9.80. The van der Waals surface area contributed by atoms with Gasteiger partial charge in [0.2, 0.25) is 6.41 Å². The second-order valence-electron chi connectivity index (χ2n) is 11.9. The maximum Gasteiger partial charge on any atom is 0.330 e. The number of fused-ring (bicyclic) bond motifs is 1. The Hall–Kier alpha value is -3.87. The molecular formula is C35H37BNO4. The van der Waals surface area contributed by atoms with Crippen LogP contribution in [0.4, 0.5) is 5.69 Å². The summed E-state index contributed by atoms with van der Waals surface area (Å²) in [5.74, 6) is 0.807. The van der Waals surface area contributed by atoms with E-state index >= 15 is 0 Å². The normalized spacial score (nSPS) is 16.7. The van der Waals surface area contributed by atoms with Gasteiger partial charge in [-0.25, -0.2) is 0 Å². The average Bonchev–Trinajstić information content (AvgIpc) is 3.32. The van der Waals surface area contributed by atoms with Gasteiger partial charge in [-0.05, 0) is 63.4 Å². The third-order valence-electron chi connectivity index (χ3n) is 8.48. The van der Waals surface area contributed by atoms with E-state index < -0.39 is 16.6 Å². The lowest BCUT2D eigenvalue weighted by atomic mass is 9.74. The lowest BCUT2D eigenvalue weighted by Gasteiger charge is -2.37. The molecule has 0 bridgehead atoms. The lowest BCUT2D eigenvalue weighted by Crippen LogP contribution is -2.49. The van der Waals surface area contributed by atoms with Crippen LogP contribution in [0.25, 0.3) is 0 Å². The number of para-hydroxylation sites is 1. The molecule has 1 unspecified atom stereocenters. The molecule has 1 amide bonds. The van der Waals surface area contributed by atoms with Crippen molar-refractivity contribution >= 4 is 25.0 Å². The molecule has 5 rings (SSSR count). The van der Waals surface area contributed by atoms with Crippen LogP contribution in [-0.4, -0.2) is 36.8 Å². The van der Waals surface area contributed by atoms with Crippen molar-refractivity contribution in [3.8, 4) is 5.75 Å². The highest BCUT2D eigenvalue weighted by molar-refractivity contribution is 6.47. The molecular weight excluding hydrogens is 509 g/mol. The fourth-order valence-corrected chi connectivity index (χ4v) is 5.27. The molecule has 1 aliphatic rings. The number of hydrogen-bond donors (Lipinski definition) is 1. The van der Waals surface area contributed by atoms with Gasteiger partial charge in [-0.15, -0.1) is 0 Å². The first-order chi connectivity index (χ1) is 19.5. The number of aliphatic hydroxyl groups is 1.